The molecule has 0 aliphatic rings. The molecule has 3 rings (SSSR count). The molecule has 32 heavy (non-hydrogen) atoms. The maximum atomic E-state index is 13.0. The SMILES string of the molecule is COC(=O)c1c(NC(=O)Cc2ccc(Cl)cc2)sc(C(=O)NC(C)c2ccccc2)c1C. The van der Waals surface area contributed by atoms with Gasteiger partial charge in [0.15, 0.2) is 0 Å². The van der Waals surface area contributed by atoms with Gasteiger partial charge in [0.05, 0.1) is 30.0 Å². The number of ether oxygens (including phenoxy) is 1. The Morgan fingerprint density at radius 3 is 2.34 bits per heavy atom. The first kappa shape index (κ1) is 23.5. The Morgan fingerprint density at radius 1 is 1.06 bits per heavy atom. The molecule has 0 saturated carbocycles. The van der Waals surface area contributed by atoms with Crippen molar-refractivity contribution in [3.63, 3.8) is 0 Å². The van der Waals surface area contributed by atoms with Gasteiger partial charge < -0.3 is 15.4 Å². The predicted molar refractivity (Wildman–Crippen MR) is 127 cm³/mol. The molecule has 1 heterocycles. The molecule has 0 fully saturated rings. The normalized spacial score (nSPS) is 11.5. The number of nitrogens with one attached hydrogen (secondary N) is 2. The van der Waals surface area contributed by atoms with Gasteiger partial charge in [-0.15, -0.1) is 11.3 Å². The van der Waals surface area contributed by atoms with Crippen molar-refractivity contribution in [2.75, 3.05) is 12.4 Å². The van der Waals surface area contributed by atoms with E-state index in [9.17, 15) is 14.4 Å². The van der Waals surface area contributed by atoms with Crippen LogP contribution in [0.3, 0.4) is 0 Å². The standard InChI is InChI=1S/C24H23ClN2O4S/c1-14-20(24(30)31-3)23(27-19(28)13-16-9-11-18(25)12-10-16)32-21(14)22(29)26-15(2)17-7-5-4-6-8-17/h4-12,15H,13H2,1-3H3,(H,26,29)(H,27,28). The first-order valence-electron chi connectivity index (χ1n) is 9.92. The van der Waals surface area contributed by atoms with Gasteiger partial charge in [0.2, 0.25) is 5.91 Å². The molecule has 166 valence electrons. The highest BCUT2D eigenvalue weighted by Crippen LogP contribution is 2.34. The number of hydrogen-bond acceptors (Lipinski definition) is 5. The van der Waals surface area contributed by atoms with E-state index in [2.05, 4.69) is 10.6 Å². The molecule has 0 aliphatic heterocycles. The number of rotatable bonds is 7. The van der Waals surface area contributed by atoms with Gasteiger partial charge in [-0.25, -0.2) is 4.79 Å². The molecule has 0 spiro atoms. The monoisotopic (exact) mass is 470 g/mol. The van der Waals surface area contributed by atoms with Crippen LogP contribution in [-0.2, 0) is 16.0 Å². The molecule has 0 aliphatic carbocycles. The fraction of sp³-hybridized carbons (Fsp3) is 0.208. The molecule has 6 nitrogen and oxygen atoms in total. The summed E-state index contributed by atoms with van der Waals surface area (Å²) in [6, 6.07) is 16.3. The number of carbonyl (C=O) groups is 3. The van der Waals surface area contributed by atoms with Gasteiger partial charge in [-0.3, -0.25) is 9.59 Å². The number of benzene rings is 2. The van der Waals surface area contributed by atoms with Crippen LogP contribution in [-0.4, -0.2) is 24.9 Å². The number of carbonyl (C=O) groups excluding carboxylic acids is 3. The van der Waals surface area contributed by atoms with Gasteiger partial charge in [-0.05, 0) is 42.7 Å². The topological polar surface area (TPSA) is 84.5 Å². The minimum Gasteiger partial charge on any atom is -0.465 e. The number of methoxy groups -OCH3 is 1. The lowest BCUT2D eigenvalue weighted by molar-refractivity contribution is -0.115. The van der Waals surface area contributed by atoms with Crippen molar-refractivity contribution in [3.8, 4) is 0 Å². The zero-order valence-corrected chi connectivity index (χ0v) is 19.5. The zero-order valence-electron chi connectivity index (χ0n) is 17.9. The fourth-order valence-corrected chi connectivity index (χ4v) is 4.45. The Balaban J connectivity index is 1.82. The van der Waals surface area contributed by atoms with E-state index in [0.717, 1.165) is 22.5 Å². The van der Waals surface area contributed by atoms with Gasteiger partial charge in [0.1, 0.15) is 5.00 Å². The molecule has 1 atom stereocenters. The third kappa shape index (κ3) is 5.55. The second kappa shape index (κ2) is 10.4. The van der Waals surface area contributed by atoms with E-state index in [4.69, 9.17) is 16.3 Å². The molecule has 2 N–H and O–H groups in total. The van der Waals surface area contributed by atoms with E-state index in [1.54, 1.807) is 31.2 Å². The molecule has 0 saturated heterocycles. The van der Waals surface area contributed by atoms with E-state index in [-0.39, 0.29) is 34.8 Å². The lowest BCUT2D eigenvalue weighted by Crippen LogP contribution is -2.26. The molecule has 0 radical (unpaired) electrons. The largest absolute Gasteiger partial charge is 0.465 e. The average Bonchev–Trinajstić information content (AvgIpc) is 3.11. The average molecular weight is 471 g/mol. The van der Waals surface area contributed by atoms with Crippen LogP contribution in [0.1, 0.15) is 49.7 Å². The Hall–Kier alpha value is -3.16. The number of halogens is 1. The van der Waals surface area contributed by atoms with Crippen molar-refractivity contribution < 1.29 is 19.1 Å². The van der Waals surface area contributed by atoms with E-state index in [1.807, 2.05) is 37.3 Å². The highest BCUT2D eigenvalue weighted by Gasteiger charge is 2.27. The first-order valence-corrected chi connectivity index (χ1v) is 11.1. The number of amides is 2. The lowest BCUT2D eigenvalue weighted by atomic mass is 10.1. The minimum absolute atomic E-state index is 0.0985. The highest BCUT2D eigenvalue weighted by molar-refractivity contribution is 7.18. The van der Waals surface area contributed by atoms with Gasteiger partial charge in [0, 0.05) is 5.02 Å². The quantitative estimate of drug-likeness (QED) is 0.466. The van der Waals surface area contributed by atoms with Crippen molar-refractivity contribution in [3.05, 3.63) is 86.8 Å². The molecule has 1 aromatic heterocycles. The van der Waals surface area contributed by atoms with Crippen molar-refractivity contribution in [1.82, 2.24) is 5.32 Å². The molecule has 0 bridgehead atoms. The van der Waals surface area contributed by atoms with Crippen LogP contribution < -0.4 is 10.6 Å². The van der Waals surface area contributed by atoms with Gasteiger partial charge in [0.25, 0.3) is 5.91 Å². The summed E-state index contributed by atoms with van der Waals surface area (Å²) < 4.78 is 4.88. The van der Waals surface area contributed by atoms with Crippen LogP contribution in [0.4, 0.5) is 5.00 Å². The summed E-state index contributed by atoms with van der Waals surface area (Å²) in [7, 11) is 1.26. The van der Waals surface area contributed by atoms with Gasteiger partial charge in [-0.1, -0.05) is 54.1 Å². The molecule has 2 amide bonds. The van der Waals surface area contributed by atoms with Crippen LogP contribution in [0.2, 0.25) is 5.02 Å². The van der Waals surface area contributed by atoms with Gasteiger partial charge >= 0.3 is 5.97 Å². The van der Waals surface area contributed by atoms with E-state index in [1.165, 1.54) is 7.11 Å². The maximum Gasteiger partial charge on any atom is 0.341 e. The molecular weight excluding hydrogens is 448 g/mol. The first-order chi connectivity index (χ1) is 15.3. The molecule has 2 aromatic carbocycles. The summed E-state index contributed by atoms with van der Waals surface area (Å²) in [5.41, 5.74) is 2.37. The zero-order chi connectivity index (χ0) is 23.3. The summed E-state index contributed by atoms with van der Waals surface area (Å²) in [6.07, 6.45) is 0.0985. The lowest BCUT2D eigenvalue weighted by Gasteiger charge is -2.14. The molecule has 3 aromatic rings. The third-order valence-corrected chi connectivity index (χ3v) is 6.38. The number of thiophene rings is 1. The van der Waals surface area contributed by atoms with Crippen molar-refractivity contribution in [2.45, 2.75) is 26.3 Å². The smallest absolute Gasteiger partial charge is 0.341 e. The third-order valence-electron chi connectivity index (χ3n) is 4.92. The number of esters is 1. The van der Waals surface area contributed by atoms with Crippen LogP contribution in [0.15, 0.2) is 54.6 Å². The molecule has 8 heteroatoms. The van der Waals surface area contributed by atoms with E-state index >= 15 is 0 Å². The summed E-state index contributed by atoms with van der Waals surface area (Å²) in [6.45, 7) is 3.55. The second-order valence-corrected chi connectivity index (χ2v) is 8.67. The maximum absolute atomic E-state index is 13.0. The summed E-state index contributed by atoms with van der Waals surface area (Å²) in [5, 5.41) is 6.56. The highest BCUT2D eigenvalue weighted by atomic mass is 35.5. The number of hydrogen-bond donors (Lipinski definition) is 2. The summed E-state index contributed by atoms with van der Waals surface area (Å²) in [5.74, 6) is -1.26. The molecule has 1 unspecified atom stereocenters. The van der Waals surface area contributed by atoms with Gasteiger partial charge in [-0.2, -0.15) is 0 Å². The van der Waals surface area contributed by atoms with Crippen molar-refractivity contribution >= 4 is 45.7 Å². The van der Waals surface area contributed by atoms with Crippen molar-refractivity contribution in [2.24, 2.45) is 0 Å². The molecular formula is C24H23ClN2O4S. The van der Waals surface area contributed by atoms with Crippen LogP contribution in [0, 0.1) is 6.92 Å². The Labute approximate surface area is 195 Å². The van der Waals surface area contributed by atoms with Crippen LogP contribution in [0.25, 0.3) is 0 Å². The van der Waals surface area contributed by atoms with E-state index in [0.29, 0.717) is 15.5 Å². The predicted octanol–water partition coefficient (Wildman–Crippen LogP) is 5.17. The van der Waals surface area contributed by atoms with Crippen LogP contribution in [0.5, 0.6) is 0 Å². The fourth-order valence-electron chi connectivity index (χ4n) is 3.21. The van der Waals surface area contributed by atoms with Crippen LogP contribution >= 0.6 is 22.9 Å². The minimum atomic E-state index is -0.615. The Kier molecular flexibility index (Phi) is 7.66. The summed E-state index contributed by atoms with van der Waals surface area (Å²) in [4.78, 5) is 38.3. The van der Waals surface area contributed by atoms with Crippen molar-refractivity contribution in [1.29, 1.82) is 0 Å². The second-order valence-electron chi connectivity index (χ2n) is 7.21. The summed E-state index contributed by atoms with van der Waals surface area (Å²) >= 11 is 6.94. The Bertz CT molecular complexity index is 1130. The van der Waals surface area contributed by atoms with E-state index < -0.39 is 5.97 Å². The number of anilines is 1. The Morgan fingerprint density at radius 2 is 1.72 bits per heavy atom.